The van der Waals surface area contributed by atoms with Crippen molar-refractivity contribution < 1.29 is 4.39 Å². The van der Waals surface area contributed by atoms with Crippen molar-refractivity contribution in [3.05, 3.63) is 77.5 Å². The Balaban J connectivity index is 0.00000280. The summed E-state index contributed by atoms with van der Waals surface area (Å²) in [7, 11) is 0. The maximum Gasteiger partial charge on any atom is 0.191 e. The maximum atomic E-state index is 13.7. The number of aromatic nitrogens is 3. The third kappa shape index (κ3) is 6.01. The molecule has 2 heterocycles. The van der Waals surface area contributed by atoms with Crippen molar-refractivity contribution in [2.24, 2.45) is 4.99 Å². The monoisotopic (exact) mass is 494 g/mol. The molecule has 0 fully saturated rings. The molecule has 0 atom stereocenters. The van der Waals surface area contributed by atoms with Gasteiger partial charge in [-0.25, -0.2) is 19.0 Å². The molecule has 0 radical (unpaired) electrons. The zero-order chi connectivity index (χ0) is 19.1. The van der Waals surface area contributed by atoms with Crippen LogP contribution >= 0.6 is 24.0 Å². The first-order valence-corrected chi connectivity index (χ1v) is 8.88. The zero-order valence-electron chi connectivity index (χ0n) is 15.9. The molecule has 28 heavy (non-hydrogen) atoms. The van der Waals surface area contributed by atoms with Gasteiger partial charge < -0.3 is 10.6 Å². The molecule has 0 saturated heterocycles. The minimum atomic E-state index is -0.205. The van der Waals surface area contributed by atoms with Crippen LogP contribution in [0.3, 0.4) is 0 Å². The number of aryl methyl sites for hydroxylation is 1. The van der Waals surface area contributed by atoms with E-state index in [1.807, 2.05) is 37.4 Å². The number of aliphatic imine (C=N–C) groups is 1. The summed E-state index contributed by atoms with van der Waals surface area (Å²) in [4.78, 5) is 8.86. The van der Waals surface area contributed by atoms with E-state index in [1.165, 1.54) is 6.07 Å². The van der Waals surface area contributed by atoms with Crippen molar-refractivity contribution in [2.75, 3.05) is 6.54 Å². The van der Waals surface area contributed by atoms with Crippen molar-refractivity contribution >= 4 is 29.9 Å². The smallest absolute Gasteiger partial charge is 0.191 e. The van der Waals surface area contributed by atoms with Crippen LogP contribution in [-0.2, 0) is 13.1 Å². The summed E-state index contributed by atoms with van der Waals surface area (Å²) in [5.41, 5.74) is 2.53. The van der Waals surface area contributed by atoms with E-state index in [2.05, 4.69) is 25.7 Å². The summed E-state index contributed by atoms with van der Waals surface area (Å²) >= 11 is 0. The molecule has 2 N–H and O–H groups in total. The number of benzene rings is 1. The third-order valence-electron chi connectivity index (χ3n) is 4.01. The molecule has 0 saturated carbocycles. The van der Waals surface area contributed by atoms with Gasteiger partial charge in [0, 0.05) is 31.7 Å². The van der Waals surface area contributed by atoms with Crippen LogP contribution in [0.25, 0.3) is 5.82 Å². The highest BCUT2D eigenvalue weighted by Gasteiger charge is 2.03. The molecular formula is C20H24FIN6. The van der Waals surface area contributed by atoms with Crippen LogP contribution in [0, 0.1) is 12.7 Å². The fraction of sp³-hybridized carbons (Fsp3) is 0.250. The Hall–Kier alpha value is -2.49. The Morgan fingerprint density at radius 3 is 2.71 bits per heavy atom. The molecule has 0 aliphatic rings. The molecular weight excluding hydrogens is 470 g/mol. The van der Waals surface area contributed by atoms with Crippen molar-refractivity contribution in [2.45, 2.75) is 26.9 Å². The second-order valence-electron chi connectivity index (χ2n) is 6.11. The molecule has 2 aromatic heterocycles. The molecule has 0 aliphatic heterocycles. The first-order chi connectivity index (χ1) is 13.2. The van der Waals surface area contributed by atoms with Gasteiger partial charge in [-0.3, -0.25) is 0 Å². The van der Waals surface area contributed by atoms with Crippen LogP contribution in [0.15, 0.2) is 60.0 Å². The molecule has 1 aromatic carbocycles. The summed E-state index contributed by atoms with van der Waals surface area (Å²) in [6.07, 6.45) is 5.33. The van der Waals surface area contributed by atoms with E-state index >= 15 is 0 Å². The summed E-state index contributed by atoms with van der Waals surface area (Å²) in [5.74, 6) is 1.23. The van der Waals surface area contributed by atoms with Gasteiger partial charge in [-0.1, -0.05) is 12.1 Å². The Morgan fingerprint density at radius 1 is 1.14 bits per heavy atom. The van der Waals surface area contributed by atoms with Gasteiger partial charge in [0.2, 0.25) is 0 Å². The maximum absolute atomic E-state index is 13.7. The van der Waals surface area contributed by atoms with Crippen molar-refractivity contribution in [1.29, 1.82) is 0 Å². The van der Waals surface area contributed by atoms with Gasteiger partial charge in [-0.15, -0.1) is 24.0 Å². The first kappa shape index (κ1) is 21.8. The number of nitrogens with zero attached hydrogens (tertiary/aromatic N) is 4. The number of nitrogens with one attached hydrogen (secondary N) is 2. The largest absolute Gasteiger partial charge is 0.357 e. The Morgan fingerprint density at radius 2 is 2.00 bits per heavy atom. The average molecular weight is 494 g/mol. The van der Waals surface area contributed by atoms with E-state index in [0.29, 0.717) is 24.6 Å². The second-order valence-corrected chi connectivity index (χ2v) is 6.11. The minimum absolute atomic E-state index is 0. The molecule has 0 unspecified atom stereocenters. The average Bonchev–Trinajstić information content (AvgIpc) is 3.22. The number of rotatable bonds is 6. The quantitative estimate of drug-likeness (QED) is 0.313. The lowest BCUT2D eigenvalue weighted by Gasteiger charge is -2.12. The molecule has 3 rings (SSSR count). The van der Waals surface area contributed by atoms with E-state index in [9.17, 15) is 4.39 Å². The SMILES string of the molecule is CCNC(=NCc1ccc(C)c(F)c1)NCc1ccnc(-n2cccn2)c1.I. The van der Waals surface area contributed by atoms with Crippen LogP contribution < -0.4 is 10.6 Å². The number of pyridine rings is 1. The normalized spacial score (nSPS) is 11.0. The van der Waals surface area contributed by atoms with Gasteiger partial charge in [0.15, 0.2) is 11.8 Å². The van der Waals surface area contributed by atoms with Gasteiger partial charge in [0.25, 0.3) is 0 Å². The highest BCUT2D eigenvalue weighted by Crippen LogP contribution is 2.10. The van der Waals surface area contributed by atoms with Crippen LogP contribution in [0.4, 0.5) is 4.39 Å². The number of hydrogen-bond acceptors (Lipinski definition) is 3. The lowest BCUT2D eigenvalue weighted by atomic mass is 10.1. The standard InChI is InChI=1S/C20H23FN6.HI/c1-3-22-20(24-13-16-6-5-15(2)18(21)11-16)25-14-17-7-9-23-19(12-17)27-10-4-8-26-27;/h4-12H,3,13-14H2,1-2H3,(H2,22,24,25);1H. The summed E-state index contributed by atoms with van der Waals surface area (Å²) < 4.78 is 15.4. The molecule has 148 valence electrons. The van der Waals surface area contributed by atoms with Crippen molar-refractivity contribution in [1.82, 2.24) is 25.4 Å². The van der Waals surface area contributed by atoms with Gasteiger partial charge >= 0.3 is 0 Å². The van der Waals surface area contributed by atoms with Crippen LogP contribution in [0.1, 0.15) is 23.6 Å². The highest BCUT2D eigenvalue weighted by molar-refractivity contribution is 14.0. The molecule has 0 spiro atoms. The van der Waals surface area contributed by atoms with E-state index < -0.39 is 0 Å². The predicted molar refractivity (Wildman–Crippen MR) is 120 cm³/mol. The van der Waals surface area contributed by atoms with E-state index in [0.717, 1.165) is 23.5 Å². The van der Waals surface area contributed by atoms with Gasteiger partial charge in [-0.2, -0.15) is 5.10 Å². The summed E-state index contributed by atoms with van der Waals surface area (Å²) in [6, 6.07) is 11.0. The number of halogens is 2. The molecule has 8 heteroatoms. The van der Waals surface area contributed by atoms with E-state index in [4.69, 9.17) is 0 Å². The Labute approximate surface area is 181 Å². The molecule has 0 bridgehead atoms. The van der Waals surface area contributed by atoms with Gasteiger partial charge in [0.05, 0.1) is 6.54 Å². The van der Waals surface area contributed by atoms with Gasteiger partial charge in [-0.05, 0) is 54.8 Å². The fourth-order valence-electron chi connectivity index (χ4n) is 2.53. The third-order valence-corrected chi connectivity index (χ3v) is 4.01. The predicted octanol–water partition coefficient (Wildman–Crippen LogP) is 3.59. The topological polar surface area (TPSA) is 67.1 Å². The summed E-state index contributed by atoms with van der Waals surface area (Å²) in [5, 5.41) is 10.7. The van der Waals surface area contributed by atoms with E-state index in [-0.39, 0.29) is 29.8 Å². The lowest BCUT2D eigenvalue weighted by Crippen LogP contribution is -2.36. The Bertz CT molecular complexity index is 911. The lowest BCUT2D eigenvalue weighted by molar-refractivity contribution is 0.616. The fourth-order valence-corrected chi connectivity index (χ4v) is 2.53. The zero-order valence-corrected chi connectivity index (χ0v) is 18.2. The van der Waals surface area contributed by atoms with Crippen LogP contribution in [-0.4, -0.2) is 27.3 Å². The highest BCUT2D eigenvalue weighted by atomic mass is 127. The first-order valence-electron chi connectivity index (χ1n) is 8.88. The van der Waals surface area contributed by atoms with Gasteiger partial charge in [0.1, 0.15) is 5.82 Å². The number of hydrogen-bond donors (Lipinski definition) is 2. The number of guanidine groups is 1. The Kier molecular flexibility index (Phi) is 8.37. The van der Waals surface area contributed by atoms with E-state index in [1.54, 1.807) is 30.1 Å². The van der Waals surface area contributed by atoms with Crippen LogP contribution in [0.2, 0.25) is 0 Å². The molecule has 6 nitrogen and oxygen atoms in total. The molecule has 3 aromatic rings. The van der Waals surface area contributed by atoms with Crippen molar-refractivity contribution in [3.8, 4) is 5.82 Å². The second kappa shape index (κ2) is 10.7. The summed E-state index contributed by atoms with van der Waals surface area (Å²) in [6.45, 7) is 5.49. The molecule has 0 amide bonds. The van der Waals surface area contributed by atoms with Crippen LogP contribution in [0.5, 0.6) is 0 Å². The molecule has 0 aliphatic carbocycles. The minimum Gasteiger partial charge on any atom is -0.357 e. The van der Waals surface area contributed by atoms with Crippen molar-refractivity contribution in [3.63, 3.8) is 0 Å².